The van der Waals surface area contributed by atoms with Crippen molar-refractivity contribution in [2.45, 2.75) is 0 Å². The molecule has 0 radical (unpaired) electrons. The quantitative estimate of drug-likeness (QED) is 0.390. The average molecular weight is 161 g/mol. The molecule has 0 fully saturated rings. The number of azo groups is 1. The molecule has 0 saturated carbocycles. The Morgan fingerprint density at radius 3 is 2.18 bits per heavy atom. The van der Waals surface area contributed by atoms with Gasteiger partial charge in [0, 0.05) is 0 Å². The molecule has 0 unspecified atom stereocenters. The van der Waals surface area contributed by atoms with Gasteiger partial charge in [-0.3, -0.25) is 0 Å². The zero-order chi connectivity index (χ0) is 8.85. The second-order valence-corrected chi connectivity index (χ2v) is 1.17. The number of primary amides is 1. The van der Waals surface area contributed by atoms with Crippen LogP contribution in [-0.4, -0.2) is 23.4 Å². The van der Waals surface area contributed by atoms with Gasteiger partial charge < -0.3 is 15.6 Å². The molecule has 0 atom stereocenters. The molecule has 60 valence electrons. The first-order valence-corrected chi connectivity index (χ1v) is 2.18. The number of amides is 3. The van der Waals surface area contributed by atoms with Crippen molar-refractivity contribution in [3.05, 3.63) is 0 Å². The third-order valence-corrected chi connectivity index (χ3v) is 0.405. The van der Waals surface area contributed by atoms with Crippen LogP contribution in [0, 0.1) is 0 Å². The van der Waals surface area contributed by atoms with Crippen LogP contribution in [0.1, 0.15) is 0 Å². The monoisotopic (exact) mass is 161 g/mol. The van der Waals surface area contributed by atoms with E-state index in [4.69, 9.17) is 5.11 Å². The molecule has 0 saturated heterocycles. The third kappa shape index (κ3) is 5.89. The Labute approximate surface area is 59.6 Å². The molecule has 8 heteroatoms. The molecule has 3 N–H and O–H groups in total. The number of carbonyl (C=O) groups is 3. The normalized spacial score (nSPS) is 9.45. The van der Waals surface area contributed by atoms with Gasteiger partial charge in [-0.15, -0.1) is 0 Å². The number of ether oxygens (including phenoxy) is 1. The molecule has 0 aromatic carbocycles. The van der Waals surface area contributed by atoms with Gasteiger partial charge in [-0.2, -0.15) is 0 Å². The van der Waals surface area contributed by atoms with Crippen molar-refractivity contribution >= 4 is 18.3 Å². The lowest BCUT2D eigenvalue weighted by Gasteiger charge is -1.88. The second-order valence-electron chi connectivity index (χ2n) is 1.17. The van der Waals surface area contributed by atoms with E-state index in [9.17, 15) is 14.4 Å². The predicted molar refractivity (Wildman–Crippen MR) is 28.9 cm³/mol. The van der Waals surface area contributed by atoms with Crippen LogP contribution < -0.4 is 5.73 Å². The van der Waals surface area contributed by atoms with Crippen LogP contribution in [0.4, 0.5) is 14.4 Å². The highest BCUT2D eigenvalue weighted by atomic mass is 16.6. The molecule has 11 heavy (non-hydrogen) atoms. The maximum Gasteiger partial charge on any atom is 0.461 e. The molecular weight excluding hydrogens is 158 g/mol. The summed E-state index contributed by atoms with van der Waals surface area (Å²) in [4.78, 5) is 29.5. The second kappa shape index (κ2) is 3.93. The Kier molecular flexibility index (Phi) is 3.22. The summed E-state index contributed by atoms with van der Waals surface area (Å²) >= 11 is 0. The van der Waals surface area contributed by atoms with Gasteiger partial charge in [-0.1, -0.05) is 10.2 Å². The van der Waals surface area contributed by atoms with Crippen molar-refractivity contribution < 1.29 is 24.2 Å². The third-order valence-electron chi connectivity index (χ3n) is 0.405. The first kappa shape index (κ1) is 9.01. The number of rotatable bonds is 0. The number of carboxylic acid groups (broad SMARTS) is 1. The number of nitrogens with two attached hydrogens (primary N) is 1. The molecule has 0 aromatic rings. The van der Waals surface area contributed by atoms with Gasteiger partial charge in [0.25, 0.3) is 0 Å². The zero-order valence-corrected chi connectivity index (χ0v) is 5.05. The van der Waals surface area contributed by atoms with E-state index in [2.05, 4.69) is 20.7 Å². The summed E-state index contributed by atoms with van der Waals surface area (Å²) in [5.74, 6) is 0. The number of hydrogen-bond donors (Lipinski definition) is 2. The fourth-order valence-electron chi connectivity index (χ4n) is 0.190. The van der Waals surface area contributed by atoms with Crippen molar-refractivity contribution in [2.24, 2.45) is 16.0 Å². The van der Waals surface area contributed by atoms with Crippen molar-refractivity contribution in [3.8, 4) is 0 Å². The van der Waals surface area contributed by atoms with Crippen LogP contribution in [0.5, 0.6) is 0 Å². The predicted octanol–water partition coefficient (Wildman–Crippen LogP) is 0.332. The highest BCUT2D eigenvalue weighted by Gasteiger charge is 2.04. The lowest BCUT2D eigenvalue weighted by atomic mass is 11.1. The minimum absolute atomic E-state index is 1.38. The topological polar surface area (TPSA) is 131 Å². The summed E-state index contributed by atoms with van der Waals surface area (Å²) in [6, 6.07) is 0. The van der Waals surface area contributed by atoms with E-state index in [-0.39, 0.29) is 0 Å². The number of hydrogen-bond acceptors (Lipinski definition) is 4. The van der Waals surface area contributed by atoms with Gasteiger partial charge in [0.15, 0.2) is 0 Å². The highest BCUT2D eigenvalue weighted by molar-refractivity contribution is 5.83. The van der Waals surface area contributed by atoms with Crippen LogP contribution in [0.3, 0.4) is 0 Å². The van der Waals surface area contributed by atoms with Gasteiger partial charge in [-0.05, 0) is 0 Å². The maximum atomic E-state index is 10.1. The van der Waals surface area contributed by atoms with Crippen molar-refractivity contribution in [1.82, 2.24) is 0 Å². The van der Waals surface area contributed by atoms with Gasteiger partial charge in [-0.25, -0.2) is 14.4 Å². The van der Waals surface area contributed by atoms with Crippen molar-refractivity contribution in [3.63, 3.8) is 0 Å². The Morgan fingerprint density at radius 1 is 1.27 bits per heavy atom. The summed E-state index contributed by atoms with van der Waals surface area (Å²) in [7, 11) is 0. The van der Waals surface area contributed by atoms with E-state index in [0.29, 0.717) is 0 Å². The van der Waals surface area contributed by atoms with Crippen LogP contribution in [0.2, 0.25) is 0 Å². The largest absolute Gasteiger partial charge is 0.462 e. The molecule has 0 bridgehead atoms. The van der Waals surface area contributed by atoms with E-state index in [1.807, 2.05) is 0 Å². The number of carbonyl (C=O) groups excluding carboxylic acids is 2. The van der Waals surface area contributed by atoms with Crippen LogP contribution in [-0.2, 0) is 4.74 Å². The minimum atomic E-state index is -1.67. The van der Waals surface area contributed by atoms with Crippen molar-refractivity contribution in [2.75, 3.05) is 0 Å². The maximum absolute atomic E-state index is 10.1. The zero-order valence-electron chi connectivity index (χ0n) is 5.05. The van der Waals surface area contributed by atoms with Crippen molar-refractivity contribution in [1.29, 1.82) is 0 Å². The molecule has 0 aliphatic carbocycles. The summed E-state index contributed by atoms with van der Waals surface area (Å²) in [5, 5.41) is 12.6. The molecule has 8 nitrogen and oxygen atoms in total. The van der Waals surface area contributed by atoms with E-state index < -0.39 is 18.3 Å². The smallest absolute Gasteiger partial charge is 0.461 e. The van der Waals surface area contributed by atoms with E-state index in [1.54, 1.807) is 0 Å². The summed E-state index contributed by atoms with van der Waals surface area (Å²) < 4.78 is 3.58. The fourth-order valence-corrected chi connectivity index (χ4v) is 0.190. The van der Waals surface area contributed by atoms with Crippen LogP contribution in [0.25, 0.3) is 0 Å². The molecule has 0 aliphatic heterocycles. The fraction of sp³-hybridized carbons (Fsp3) is 0. The SMILES string of the molecule is NC(=O)OC(=O)N=NC(=O)O. The Balaban J connectivity index is 3.88. The minimum Gasteiger partial charge on any atom is -0.462 e. The van der Waals surface area contributed by atoms with Gasteiger partial charge in [0.2, 0.25) is 0 Å². The lowest BCUT2D eigenvalue weighted by Crippen LogP contribution is -2.15. The molecule has 0 rings (SSSR count). The van der Waals surface area contributed by atoms with Gasteiger partial charge in [0.1, 0.15) is 0 Å². The average Bonchev–Trinajstić information content (AvgIpc) is 1.82. The van der Waals surface area contributed by atoms with Gasteiger partial charge >= 0.3 is 18.3 Å². The standard InChI is InChI=1S/C3H3N3O5/c4-1(7)11-3(10)6-5-2(8)9/h(H2,4,7)(H,8,9). The first-order valence-electron chi connectivity index (χ1n) is 2.18. The van der Waals surface area contributed by atoms with Crippen LogP contribution >= 0.6 is 0 Å². The number of nitrogens with zero attached hydrogens (tertiary/aromatic N) is 2. The molecule has 0 heterocycles. The Morgan fingerprint density at radius 2 is 1.82 bits per heavy atom. The Hall–Kier alpha value is -1.99. The van der Waals surface area contributed by atoms with E-state index in [1.165, 1.54) is 0 Å². The summed E-state index contributed by atoms with van der Waals surface area (Å²) in [5.41, 5.74) is 4.37. The summed E-state index contributed by atoms with van der Waals surface area (Å²) in [6.07, 6.45) is -4.52. The molecule has 0 aromatic heterocycles. The van der Waals surface area contributed by atoms with E-state index >= 15 is 0 Å². The Bertz CT molecular complexity index is 221. The molecule has 0 spiro atoms. The summed E-state index contributed by atoms with van der Waals surface area (Å²) in [6.45, 7) is 0. The van der Waals surface area contributed by atoms with Crippen LogP contribution in [0.15, 0.2) is 10.2 Å². The molecule has 3 amide bonds. The molecular formula is C3H3N3O5. The molecule has 0 aliphatic rings. The van der Waals surface area contributed by atoms with Gasteiger partial charge in [0.05, 0.1) is 0 Å². The first-order chi connectivity index (χ1) is 5.02. The highest BCUT2D eigenvalue weighted by Crippen LogP contribution is 1.85. The lowest BCUT2D eigenvalue weighted by molar-refractivity contribution is 0.161. The van der Waals surface area contributed by atoms with E-state index in [0.717, 1.165) is 0 Å².